The molecule has 0 spiro atoms. The first kappa shape index (κ1) is 18.9. The Morgan fingerprint density at radius 3 is 2.76 bits per heavy atom. The average molecular weight is 355 g/mol. The summed E-state index contributed by atoms with van der Waals surface area (Å²) in [5.41, 5.74) is -0.465. The van der Waals surface area contributed by atoms with Gasteiger partial charge in [0.05, 0.1) is 5.60 Å². The molecule has 2 fully saturated rings. The molecule has 1 aromatic rings. The second kappa shape index (κ2) is 7.42. The summed E-state index contributed by atoms with van der Waals surface area (Å²) in [7, 11) is 0. The van der Waals surface area contributed by atoms with Crippen LogP contribution in [-0.2, 0) is 0 Å². The van der Waals surface area contributed by atoms with E-state index in [1.807, 2.05) is 0 Å². The molecule has 2 saturated heterocycles. The lowest BCUT2D eigenvalue weighted by Gasteiger charge is -2.47. The first-order chi connectivity index (χ1) is 9.08. The minimum atomic E-state index is -0.465. The maximum Gasteiger partial charge on any atom is 0.208 e. The van der Waals surface area contributed by atoms with Crippen LogP contribution in [0.1, 0.15) is 37.6 Å². The Balaban J connectivity index is 0.00000110. The Labute approximate surface area is 142 Å². The molecule has 0 amide bonds. The van der Waals surface area contributed by atoms with Crippen molar-refractivity contribution >= 4 is 41.3 Å². The third kappa shape index (κ3) is 3.79. The maximum atomic E-state index is 10.6. The summed E-state index contributed by atoms with van der Waals surface area (Å²) < 4.78 is 0. The molecule has 5 nitrogen and oxygen atoms in total. The second-order valence-corrected chi connectivity index (χ2v) is 7.02. The summed E-state index contributed by atoms with van der Waals surface area (Å²) >= 11 is 1.69. The molecule has 122 valence electrons. The van der Waals surface area contributed by atoms with E-state index in [1.54, 1.807) is 11.3 Å². The SMILES string of the molecule is CC(C)c1nnc(N2CC[C@@]3(O)CCNC[C@H]3C2)s1.Cl.Cl. The van der Waals surface area contributed by atoms with Crippen molar-refractivity contribution in [3.63, 3.8) is 0 Å². The molecule has 0 aliphatic carbocycles. The van der Waals surface area contributed by atoms with Gasteiger partial charge in [-0.2, -0.15) is 0 Å². The summed E-state index contributed by atoms with van der Waals surface area (Å²) in [4.78, 5) is 2.29. The number of hydrogen-bond acceptors (Lipinski definition) is 6. The van der Waals surface area contributed by atoms with Crippen LogP contribution < -0.4 is 10.2 Å². The summed E-state index contributed by atoms with van der Waals surface area (Å²) in [6.45, 7) is 7.90. The van der Waals surface area contributed by atoms with E-state index in [-0.39, 0.29) is 24.8 Å². The number of anilines is 1. The van der Waals surface area contributed by atoms with Gasteiger partial charge in [0.25, 0.3) is 0 Å². The predicted molar refractivity (Wildman–Crippen MR) is 91.3 cm³/mol. The zero-order valence-corrected chi connectivity index (χ0v) is 14.9. The number of aromatic nitrogens is 2. The van der Waals surface area contributed by atoms with Gasteiger partial charge in [-0.15, -0.1) is 35.0 Å². The highest BCUT2D eigenvalue weighted by atomic mass is 35.5. The monoisotopic (exact) mass is 354 g/mol. The van der Waals surface area contributed by atoms with Crippen molar-refractivity contribution in [3.8, 4) is 0 Å². The molecular weight excluding hydrogens is 331 g/mol. The molecule has 3 heterocycles. The van der Waals surface area contributed by atoms with Gasteiger partial charge >= 0.3 is 0 Å². The van der Waals surface area contributed by atoms with Gasteiger partial charge in [-0.05, 0) is 19.4 Å². The van der Waals surface area contributed by atoms with Gasteiger partial charge in [0.2, 0.25) is 5.13 Å². The van der Waals surface area contributed by atoms with Crippen LogP contribution in [0.2, 0.25) is 0 Å². The molecule has 2 aliphatic rings. The minimum absolute atomic E-state index is 0. The lowest BCUT2D eigenvalue weighted by Crippen LogP contribution is -2.59. The number of hydrogen-bond donors (Lipinski definition) is 2. The quantitative estimate of drug-likeness (QED) is 0.850. The molecular formula is C13H24Cl2N4OS. The number of rotatable bonds is 2. The van der Waals surface area contributed by atoms with E-state index < -0.39 is 5.60 Å². The van der Waals surface area contributed by atoms with E-state index in [2.05, 4.69) is 34.3 Å². The van der Waals surface area contributed by atoms with Gasteiger partial charge in [0, 0.05) is 31.5 Å². The van der Waals surface area contributed by atoms with Crippen LogP contribution in [0.15, 0.2) is 0 Å². The lowest BCUT2D eigenvalue weighted by atomic mass is 9.76. The Bertz CT molecular complexity index is 459. The first-order valence-corrected chi connectivity index (χ1v) is 7.91. The zero-order valence-electron chi connectivity index (χ0n) is 12.4. The molecule has 0 unspecified atom stereocenters. The van der Waals surface area contributed by atoms with E-state index in [0.717, 1.165) is 49.2 Å². The smallest absolute Gasteiger partial charge is 0.208 e. The van der Waals surface area contributed by atoms with Crippen molar-refractivity contribution in [1.82, 2.24) is 15.5 Å². The third-order valence-electron chi connectivity index (χ3n) is 4.34. The van der Waals surface area contributed by atoms with Crippen LogP contribution in [0, 0.1) is 5.92 Å². The minimum Gasteiger partial charge on any atom is -0.389 e. The molecule has 1 aromatic heterocycles. The van der Waals surface area contributed by atoms with E-state index >= 15 is 0 Å². The highest BCUT2D eigenvalue weighted by Crippen LogP contribution is 2.36. The second-order valence-electron chi connectivity index (χ2n) is 6.03. The van der Waals surface area contributed by atoms with Crippen molar-refractivity contribution in [2.75, 3.05) is 31.1 Å². The van der Waals surface area contributed by atoms with Crippen molar-refractivity contribution in [2.45, 2.75) is 38.2 Å². The average Bonchev–Trinajstić information content (AvgIpc) is 2.87. The summed E-state index contributed by atoms with van der Waals surface area (Å²) in [6, 6.07) is 0. The Hall–Kier alpha value is -0.140. The molecule has 0 bridgehead atoms. The normalized spacial score (nSPS) is 28.6. The fourth-order valence-corrected chi connectivity index (χ4v) is 3.87. The van der Waals surface area contributed by atoms with Crippen LogP contribution >= 0.6 is 36.2 Å². The number of nitrogens with one attached hydrogen (secondary N) is 1. The fourth-order valence-electron chi connectivity index (χ4n) is 2.99. The summed E-state index contributed by atoms with van der Waals surface area (Å²) in [5.74, 6) is 0.741. The van der Waals surface area contributed by atoms with Gasteiger partial charge in [-0.3, -0.25) is 0 Å². The van der Waals surface area contributed by atoms with Gasteiger partial charge in [0.1, 0.15) is 5.01 Å². The van der Waals surface area contributed by atoms with Crippen LogP contribution in [0.4, 0.5) is 5.13 Å². The van der Waals surface area contributed by atoms with Crippen LogP contribution in [0.3, 0.4) is 0 Å². The fraction of sp³-hybridized carbons (Fsp3) is 0.846. The van der Waals surface area contributed by atoms with Crippen LogP contribution in [-0.4, -0.2) is 47.1 Å². The van der Waals surface area contributed by atoms with Gasteiger partial charge in [0.15, 0.2) is 0 Å². The van der Waals surface area contributed by atoms with Crippen molar-refractivity contribution in [1.29, 1.82) is 0 Å². The Kier molecular flexibility index (Phi) is 6.68. The zero-order chi connectivity index (χ0) is 13.5. The number of piperidine rings is 2. The lowest BCUT2D eigenvalue weighted by molar-refractivity contribution is -0.0538. The van der Waals surface area contributed by atoms with E-state index in [0.29, 0.717) is 11.8 Å². The predicted octanol–water partition coefficient (Wildman–Crippen LogP) is 2.06. The third-order valence-corrected chi connectivity index (χ3v) is 5.62. The van der Waals surface area contributed by atoms with Crippen molar-refractivity contribution in [3.05, 3.63) is 5.01 Å². The number of fused-ring (bicyclic) bond motifs is 1. The molecule has 2 atom stereocenters. The van der Waals surface area contributed by atoms with Crippen molar-refractivity contribution < 1.29 is 5.11 Å². The number of nitrogens with zero attached hydrogens (tertiary/aromatic N) is 3. The molecule has 2 aliphatic heterocycles. The van der Waals surface area contributed by atoms with Gasteiger partial charge in [-0.25, -0.2) is 0 Å². The standard InChI is InChI=1S/C13H22N4OS.2ClH/c1-9(2)11-15-16-12(19-11)17-6-4-13(18)3-5-14-7-10(13)8-17;;/h9-10,14,18H,3-8H2,1-2H3;2*1H/t10-,13-;;/m0../s1. The maximum absolute atomic E-state index is 10.6. The van der Waals surface area contributed by atoms with E-state index in [1.165, 1.54) is 0 Å². The molecule has 0 aromatic carbocycles. The van der Waals surface area contributed by atoms with Crippen LogP contribution in [0.5, 0.6) is 0 Å². The van der Waals surface area contributed by atoms with Gasteiger partial charge < -0.3 is 15.3 Å². The summed E-state index contributed by atoms with van der Waals surface area (Å²) in [5, 5.41) is 24.7. The molecule has 0 radical (unpaired) electrons. The van der Waals surface area contributed by atoms with E-state index in [9.17, 15) is 5.11 Å². The number of halogens is 2. The van der Waals surface area contributed by atoms with Crippen LogP contribution in [0.25, 0.3) is 0 Å². The topological polar surface area (TPSA) is 61.3 Å². The number of aliphatic hydroxyl groups is 1. The molecule has 21 heavy (non-hydrogen) atoms. The molecule has 8 heteroatoms. The highest BCUT2D eigenvalue weighted by molar-refractivity contribution is 7.15. The van der Waals surface area contributed by atoms with Crippen molar-refractivity contribution in [2.24, 2.45) is 5.92 Å². The molecule has 0 saturated carbocycles. The molecule has 3 rings (SSSR count). The largest absolute Gasteiger partial charge is 0.389 e. The summed E-state index contributed by atoms with van der Waals surface area (Å²) in [6.07, 6.45) is 1.72. The Morgan fingerprint density at radius 2 is 2.10 bits per heavy atom. The first-order valence-electron chi connectivity index (χ1n) is 7.10. The van der Waals surface area contributed by atoms with E-state index in [4.69, 9.17) is 0 Å². The van der Waals surface area contributed by atoms with Gasteiger partial charge in [-0.1, -0.05) is 25.2 Å². The Morgan fingerprint density at radius 1 is 1.33 bits per heavy atom. The molecule has 2 N–H and O–H groups in total. The highest BCUT2D eigenvalue weighted by Gasteiger charge is 2.43.